The molecule has 21 heavy (non-hydrogen) atoms. The zero-order valence-electron chi connectivity index (χ0n) is 11.5. The Morgan fingerprint density at radius 2 is 1.67 bits per heavy atom. The minimum absolute atomic E-state index is 0.0678. The van der Waals surface area contributed by atoms with Gasteiger partial charge in [-0.25, -0.2) is 5.01 Å². The fourth-order valence-corrected chi connectivity index (χ4v) is 4.36. The Morgan fingerprint density at radius 3 is 2.38 bits per heavy atom. The van der Waals surface area contributed by atoms with Crippen LogP contribution >= 0.6 is 0 Å². The van der Waals surface area contributed by atoms with E-state index in [2.05, 4.69) is 22.5 Å². The Bertz CT molecular complexity index is 655. The SMILES string of the molecule is N#C[C@@H]1[C@H](C#N)[C@H]2CC[C@H]1[C@@H]1N=NN(c3ccccc3)[C@H]21. The molecular formula is C16H15N5. The molecule has 2 bridgehead atoms. The van der Waals surface area contributed by atoms with Crippen molar-refractivity contribution in [1.29, 1.82) is 10.5 Å². The molecule has 0 N–H and O–H groups in total. The summed E-state index contributed by atoms with van der Waals surface area (Å²) in [6.45, 7) is 0. The van der Waals surface area contributed by atoms with Gasteiger partial charge in [0.25, 0.3) is 0 Å². The molecule has 4 aliphatic rings. The van der Waals surface area contributed by atoms with E-state index in [1.165, 1.54) is 0 Å². The first kappa shape index (κ1) is 12.3. The summed E-state index contributed by atoms with van der Waals surface area (Å²) in [5.41, 5.74) is 1.02. The molecular weight excluding hydrogens is 262 g/mol. The molecule has 0 spiro atoms. The van der Waals surface area contributed by atoms with Gasteiger partial charge in [0.15, 0.2) is 0 Å². The van der Waals surface area contributed by atoms with E-state index >= 15 is 0 Å². The summed E-state index contributed by atoms with van der Waals surface area (Å²) >= 11 is 0. The predicted molar refractivity (Wildman–Crippen MR) is 75.8 cm³/mol. The van der Waals surface area contributed by atoms with Gasteiger partial charge in [0.2, 0.25) is 0 Å². The van der Waals surface area contributed by atoms with E-state index in [4.69, 9.17) is 0 Å². The topological polar surface area (TPSA) is 75.5 Å². The first-order valence-electron chi connectivity index (χ1n) is 7.39. The lowest BCUT2D eigenvalue weighted by Gasteiger charge is -2.50. The maximum Gasteiger partial charge on any atom is 0.0998 e. The van der Waals surface area contributed by atoms with Crippen LogP contribution in [0.25, 0.3) is 0 Å². The minimum Gasteiger partial charge on any atom is -0.242 e. The average molecular weight is 277 g/mol. The van der Waals surface area contributed by atoms with Crippen molar-refractivity contribution in [2.45, 2.75) is 24.9 Å². The van der Waals surface area contributed by atoms with Gasteiger partial charge in [0, 0.05) is 11.8 Å². The molecule has 0 amide bonds. The van der Waals surface area contributed by atoms with Gasteiger partial charge in [0.05, 0.1) is 41.7 Å². The lowest BCUT2D eigenvalue weighted by atomic mass is 9.55. The van der Waals surface area contributed by atoms with Crippen LogP contribution in [0.4, 0.5) is 5.69 Å². The number of anilines is 1. The fraction of sp³-hybridized carbons (Fsp3) is 0.500. The zero-order valence-corrected chi connectivity index (χ0v) is 11.5. The van der Waals surface area contributed by atoms with Crippen LogP contribution < -0.4 is 5.01 Å². The Labute approximate surface area is 123 Å². The summed E-state index contributed by atoms with van der Waals surface area (Å²) in [4.78, 5) is 0. The third kappa shape index (κ3) is 1.61. The van der Waals surface area contributed by atoms with Crippen LogP contribution in [0.2, 0.25) is 0 Å². The fourth-order valence-electron chi connectivity index (χ4n) is 4.36. The first-order chi connectivity index (χ1) is 10.3. The van der Waals surface area contributed by atoms with Gasteiger partial charge < -0.3 is 0 Å². The lowest BCUT2D eigenvalue weighted by Crippen LogP contribution is -2.58. The molecule has 1 aromatic carbocycles. The van der Waals surface area contributed by atoms with Crippen LogP contribution in [-0.4, -0.2) is 12.1 Å². The number of hydrogen-bond donors (Lipinski definition) is 0. The molecule has 104 valence electrons. The number of nitrogens with zero attached hydrogens (tertiary/aromatic N) is 5. The van der Waals surface area contributed by atoms with Gasteiger partial charge in [-0.2, -0.15) is 15.6 Å². The molecule has 3 saturated carbocycles. The van der Waals surface area contributed by atoms with Gasteiger partial charge in [0.1, 0.15) is 0 Å². The standard InChI is InChI=1S/C16H15N5/c17-8-13-11-6-7-12(14(13)9-18)16-15(11)19-20-21(16)10-4-2-1-3-5-10/h1-5,11-16H,6-7H2/t11-,12-,13+,14-,15+,16-/m1/s1. The number of fused-ring (bicyclic) bond motifs is 2. The molecule has 0 radical (unpaired) electrons. The van der Waals surface area contributed by atoms with E-state index in [1.807, 2.05) is 35.3 Å². The second-order valence-corrected chi connectivity index (χ2v) is 6.08. The minimum atomic E-state index is -0.190. The summed E-state index contributed by atoms with van der Waals surface area (Å²) in [7, 11) is 0. The van der Waals surface area contributed by atoms with Gasteiger partial charge in [-0.05, 0) is 25.0 Å². The quantitative estimate of drug-likeness (QED) is 0.792. The third-order valence-corrected chi connectivity index (χ3v) is 5.25. The first-order valence-corrected chi connectivity index (χ1v) is 7.39. The van der Waals surface area contributed by atoms with Gasteiger partial charge in [-0.3, -0.25) is 0 Å². The van der Waals surface area contributed by atoms with Gasteiger partial charge >= 0.3 is 0 Å². The van der Waals surface area contributed by atoms with E-state index in [0.717, 1.165) is 18.5 Å². The van der Waals surface area contributed by atoms with Crippen molar-refractivity contribution in [2.75, 3.05) is 5.01 Å². The second kappa shape index (κ2) is 4.56. The second-order valence-electron chi connectivity index (χ2n) is 6.08. The number of nitriles is 2. The van der Waals surface area contributed by atoms with Crippen molar-refractivity contribution in [3.63, 3.8) is 0 Å². The summed E-state index contributed by atoms with van der Waals surface area (Å²) in [6.07, 6.45) is 1.99. The molecule has 3 aliphatic carbocycles. The van der Waals surface area contributed by atoms with Crippen molar-refractivity contribution in [3.8, 4) is 12.1 Å². The number of benzene rings is 1. The lowest BCUT2D eigenvalue weighted by molar-refractivity contribution is 0.0525. The summed E-state index contributed by atoms with van der Waals surface area (Å²) in [5, 5.41) is 29.7. The molecule has 1 heterocycles. The normalized spacial score (nSPS) is 39.6. The van der Waals surface area contributed by atoms with Crippen LogP contribution in [0.1, 0.15) is 12.8 Å². The molecule has 5 rings (SSSR count). The molecule has 0 unspecified atom stereocenters. The summed E-state index contributed by atoms with van der Waals surface area (Å²) in [6, 6.07) is 14.9. The largest absolute Gasteiger partial charge is 0.242 e. The van der Waals surface area contributed by atoms with Crippen molar-refractivity contribution in [3.05, 3.63) is 30.3 Å². The van der Waals surface area contributed by atoms with Gasteiger partial charge in [-0.1, -0.05) is 23.4 Å². The van der Waals surface area contributed by atoms with E-state index in [0.29, 0.717) is 0 Å². The van der Waals surface area contributed by atoms with Crippen molar-refractivity contribution in [1.82, 2.24) is 0 Å². The van der Waals surface area contributed by atoms with Crippen LogP contribution in [0.3, 0.4) is 0 Å². The Balaban J connectivity index is 1.73. The van der Waals surface area contributed by atoms with Crippen LogP contribution in [-0.2, 0) is 0 Å². The van der Waals surface area contributed by atoms with E-state index in [1.54, 1.807) is 0 Å². The number of hydrogen-bond acceptors (Lipinski definition) is 5. The Morgan fingerprint density at radius 1 is 1.00 bits per heavy atom. The molecule has 5 heteroatoms. The van der Waals surface area contributed by atoms with E-state index in [9.17, 15) is 10.5 Å². The predicted octanol–water partition coefficient (Wildman–Crippen LogP) is 2.93. The molecule has 3 fully saturated rings. The third-order valence-electron chi connectivity index (χ3n) is 5.25. The monoisotopic (exact) mass is 277 g/mol. The van der Waals surface area contributed by atoms with Crippen molar-refractivity contribution >= 4 is 5.69 Å². The van der Waals surface area contributed by atoms with Crippen LogP contribution in [0.5, 0.6) is 0 Å². The molecule has 0 saturated heterocycles. The highest BCUT2D eigenvalue weighted by Gasteiger charge is 2.58. The highest BCUT2D eigenvalue weighted by atomic mass is 15.6. The van der Waals surface area contributed by atoms with Crippen LogP contribution in [0.15, 0.2) is 40.7 Å². The van der Waals surface area contributed by atoms with E-state index < -0.39 is 0 Å². The van der Waals surface area contributed by atoms with E-state index in [-0.39, 0.29) is 35.8 Å². The highest BCUT2D eigenvalue weighted by Crippen LogP contribution is 2.53. The summed E-state index contributed by atoms with van der Waals surface area (Å²) < 4.78 is 0. The summed E-state index contributed by atoms with van der Waals surface area (Å²) in [5.74, 6) is -0.0219. The maximum absolute atomic E-state index is 9.51. The number of para-hydroxylation sites is 1. The van der Waals surface area contributed by atoms with Crippen molar-refractivity contribution < 1.29 is 0 Å². The smallest absolute Gasteiger partial charge is 0.0998 e. The zero-order chi connectivity index (χ0) is 14.4. The molecule has 5 nitrogen and oxygen atoms in total. The van der Waals surface area contributed by atoms with Gasteiger partial charge in [-0.15, -0.1) is 0 Å². The van der Waals surface area contributed by atoms with Crippen LogP contribution in [0, 0.1) is 46.3 Å². The molecule has 6 atom stereocenters. The van der Waals surface area contributed by atoms with Crippen molar-refractivity contribution in [2.24, 2.45) is 34.0 Å². The highest BCUT2D eigenvalue weighted by molar-refractivity contribution is 5.48. The number of rotatable bonds is 1. The molecule has 1 aromatic rings. The molecule has 1 aliphatic heterocycles. The molecule has 0 aromatic heterocycles. The Kier molecular flexibility index (Phi) is 2.68. The Hall–Kier alpha value is -2.40. The average Bonchev–Trinajstić information content (AvgIpc) is 3.01. The maximum atomic E-state index is 9.51.